The van der Waals surface area contributed by atoms with Crippen molar-refractivity contribution in [2.45, 2.75) is 13.0 Å². The van der Waals surface area contributed by atoms with Crippen LogP contribution in [0, 0.1) is 6.92 Å². The number of carbonyl (C=O) groups excluding carboxylic acids is 1. The first-order valence-corrected chi connectivity index (χ1v) is 9.90. The summed E-state index contributed by atoms with van der Waals surface area (Å²) in [7, 11) is 4.55. The minimum Gasteiger partial charge on any atom is -0.502 e. The molecule has 31 heavy (non-hydrogen) atoms. The molecule has 0 bridgehead atoms. The molecule has 1 atom stereocenters. The molecule has 1 aromatic heterocycles. The Morgan fingerprint density at radius 1 is 1.10 bits per heavy atom. The van der Waals surface area contributed by atoms with E-state index < -0.39 is 6.04 Å². The number of hydrogen-bond acceptors (Lipinski definition) is 6. The Hall–Kier alpha value is -3.52. The summed E-state index contributed by atoms with van der Waals surface area (Å²) < 4.78 is 15.9. The lowest BCUT2D eigenvalue weighted by Gasteiger charge is -2.27. The van der Waals surface area contributed by atoms with Crippen LogP contribution in [0.5, 0.6) is 17.2 Å². The van der Waals surface area contributed by atoms with Gasteiger partial charge in [0, 0.05) is 24.8 Å². The molecule has 3 aromatic rings. The number of phenols is 1. The Morgan fingerprint density at radius 2 is 1.74 bits per heavy atom. The zero-order valence-corrected chi connectivity index (χ0v) is 17.9. The molecule has 1 aliphatic heterocycles. The highest BCUT2D eigenvalue weighted by molar-refractivity contribution is 6.00. The summed E-state index contributed by atoms with van der Waals surface area (Å²) in [4.78, 5) is 15.0. The van der Waals surface area contributed by atoms with E-state index in [4.69, 9.17) is 14.2 Å². The second-order valence-electron chi connectivity index (χ2n) is 7.39. The second kappa shape index (κ2) is 8.31. The van der Waals surface area contributed by atoms with Gasteiger partial charge < -0.3 is 24.2 Å². The third-order valence-electron chi connectivity index (χ3n) is 5.54. The summed E-state index contributed by atoms with van der Waals surface area (Å²) in [5, 5.41) is 17.8. The van der Waals surface area contributed by atoms with Gasteiger partial charge in [-0.15, -0.1) is 0 Å². The van der Waals surface area contributed by atoms with Crippen molar-refractivity contribution in [3.63, 3.8) is 0 Å². The number of nitrogens with zero attached hydrogens (tertiary/aromatic N) is 2. The number of methoxy groups -OCH3 is 3. The maximum atomic E-state index is 13.2. The average molecular weight is 423 g/mol. The van der Waals surface area contributed by atoms with Crippen LogP contribution in [0.3, 0.4) is 0 Å². The van der Waals surface area contributed by atoms with Gasteiger partial charge in [-0.3, -0.25) is 9.89 Å². The fraction of sp³-hybridized carbons (Fsp3) is 0.304. The Labute approximate surface area is 180 Å². The zero-order valence-electron chi connectivity index (χ0n) is 17.9. The van der Waals surface area contributed by atoms with Crippen molar-refractivity contribution in [1.82, 2.24) is 15.1 Å². The van der Waals surface area contributed by atoms with Crippen LogP contribution in [0.25, 0.3) is 11.3 Å². The predicted molar refractivity (Wildman–Crippen MR) is 115 cm³/mol. The standard InChI is InChI=1S/C23H25N3O5/c1-13-5-7-14(8-6-13)19-18-20(25-24-19)23(28)26(9-10-29-2)21(18)15-11-16(30-3)22(27)17(12-15)31-4/h5-8,11-12,21,27H,9-10H2,1-4H3,(H,24,25). The van der Waals surface area contributed by atoms with Gasteiger partial charge in [0.25, 0.3) is 5.91 Å². The topological polar surface area (TPSA) is 96.9 Å². The molecular weight excluding hydrogens is 398 g/mol. The van der Waals surface area contributed by atoms with Gasteiger partial charge in [0.15, 0.2) is 11.5 Å². The quantitative estimate of drug-likeness (QED) is 0.605. The third-order valence-corrected chi connectivity index (χ3v) is 5.54. The second-order valence-corrected chi connectivity index (χ2v) is 7.39. The van der Waals surface area contributed by atoms with Crippen LogP contribution in [0.1, 0.15) is 33.2 Å². The Balaban J connectivity index is 1.91. The zero-order chi connectivity index (χ0) is 22.1. The van der Waals surface area contributed by atoms with Crippen molar-refractivity contribution in [1.29, 1.82) is 0 Å². The van der Waals surface area contributed by atoms with Gasteiger partial charge in [0.1, 0.15) is 5.69 Å². The molecule has 4 rings (SSSR count). The number of phenolic OH excluding ortho intramolecular Hbond substituents is 1. The van der Waals surface area contributed by atoms with E-state index in [1.54, 1.807) is 24.1 Å². The summed E-state index contributed by atoms with van der Waals surface area (Å²) in [6.07, 6.45) is 0. The van der Waals surface area contributed by atoms with Gasteiger partial charge in [-0.05, 0) is 24.6 Å². The monoisotopic (exact) mass is 423 g/mol. The number of nitrogens with one attached hydrogen (secondary N) is 1. The molecule has 0 fully saturated rings. The van der Waals surface area contributed by atoms with E-state index in [0.717, 1.165) is 22.3 Å². The van der Waals surface area contributed by atoms with Crippen LogP contribution in [-0.4, -0.2) is 60.6 Å². The number of amides is 1. The van der Waals surface area contributed by atoms with Gasteiger partial charge in [0.2, 0.25) is 5.75 Å². The number of benzene rings is 2. The molecule has 162 valence electrons. The fourth-order valence-corrected chi connectivity index (χ4v) is 3.97. The lowest BCUT2D eigenvalue weighted by molar-refractivity contribution is 0.0677. The maximum absolute atomic E-state index is 13.2. The molecular formula is C23H25N3O5. The van der Waals surface area contributed by atoms with Crippen molar-refractivity contribution in [3.8, 4) is 28.5 Å². The van der Waals surface area contributed by atoms with E-state index >= 15 is 0 Å². The van der Waals surface area contributed by atoms with E-state index in [2.05, 4.69) is 10.2 Å². The highest BCUT2D eigenvalue weighted by Crippen LogP contribution is 2.46. The van der Waals surface area contributed by atoms with E-state index in [1.807, 2.05) is 31.2 Å². The first-order chi connectivity index (χ1) is 15.0. The fourth-order valence-electron chi connectivity index (χ4n) is 3.97. The molecule has 0 aliphatic carbocycles. The number of aromatic amines is 1. The number of ether oxygens (including phenoxy) is 3. The largest absolute Gasteiger partial charge is 0.502 e. The highest BCUT2D eigenvalue weighted by atomic mass is 16.5. The summed E-state index contributed by atoms with van der Waals surface area (Å²) in [5.41, 5.74) is 4.72. The molecule has 1 unspecified atom stereocenters. The van der Waals surface area contributed by atoms with Crippen LogP contribution in [0.15, 0.2) is 36.4 Å². The third kappa shape index (κ3) is 3.48. The summed E-state index contributed by atoms with van der Waals surface area (Å²) in [6, 6.07) is 11.0. The Kier molecular flexibility index (Phi) is 5.56. The van der Waals surface area contributed by atoms with Gasteiger partial charge in [-0.25, -0.2) is 0 Å². The molecule has 0 saturated heterocycles. The van der Waals surface area contributed by atoms with Crippen molar-refractivity contribution < 1.29 is 24.1 Å². The number of aryl methyl sites for hydroxylation is 1. The van der Waals surface area contributed by atoms with Crippen molar-refractivity contribution in [2.75, 3.05) is 34.5 Å². The van der Waals surface area contributed by atoms with E-state index in [0.29, 0.717) is 24.5 Å². The molecule has 2 heterocycles. The normalized spacial score (nSPS) is 15.3. The van der Waals surface area contributed by atoms with E-state index in [1.165, 1.54) is 14.2 Å². The van der Waals surface area contributed by atoms with Crippen LogP contribution < -0.4 is 9.47 Å². The van der Waals surface area contributed by atoms with Gasteiger partial charge in [-0.2, -0.15) is 5.10 Å². The van der Waals surface area contributed by atoms with Crippen LogP contribution in [0.2, 0.25) is 0 Å². The lowest BCUT2D eigenvalue weighted by Crippen LogP contribution is -2.32. The number of carbonyl (C=O) groups is 1. The van der Waals surface area contributed by atoms with E-state index in [-0.39, 0.29) is 23.2 Å². The molecule has 8 nitrogen and oxygen atoms in total. The smallest absolute Gasteiger partial charge is 0.273 e. The Morgan fingerprint density at radius 3 is 2.32 bits per heavy atom. The van der Waals surface area contributed by atoms with Crippen molar-refractivity contribution in [2.24, 2.45) is 0 Å². The molecule has 1 amide bonds. The van der Waals surface area contributed by atoms with Gasteiger partial charge in [0.05, 0.1) is 32.6 Å². The molecule has 8 heteroatoms. The maximum Gasteiger partial charge on any atom is 0.273 e. The number of H-pyrrole nitrogens is 1. The number of aromatic nitrogens is 2. The lowest BCUT2D eigenvalue weighted by atomic mass is 9.95. The molecule has 0 saturated carbocycles. The summed E-state index contributed by atoms with van der Waals surface area (Å²) in [6.45, 7) is 2.79. The minimum atomic E-state index is -0.448. The van der Waals surface area contributed by atoms with Gasteiger partial charge in [-0.1, -0.05) is 29.8 Å². The average Bonchev–Trinajstić information content (AvgIpc) is 3.32. The number of hydrogen-bond donors (Lipinski definition) is 2. The molecule has 0 spiro atoms. The first-order valence-electron chi connectivity index (χ1n) is 9.90. The number of rotatable bonds is 7. The van der Waals surface area contributed by atoms with Crippen molar-refractivity contribution >= 4 is 5.91 Å². The predicted octanol–water partition coefficient (Wildman–Crippen LogP) is 3.30. The SMILES string of the molecule is COCCN1C(=O)c2[nH]nc(-c3ccc(C)cc3)c2C1c1cc(OC)c(O)c(OC)c1. The molecule has 0 radical (unpaired) electrons. The minimum absolute atomic E-state index is 0.0901. The van der Waals surface area contributed by atoms with E-state index in [9.17, 15) is 9.90 Å². The number of fused-ring (bicyclic) bond motifs is 1. The molecule has 2 N–H and O–H groups in total. The van der Waals surface area contributed by atoms with Gasteiger partial charge >= 0.3 is 0 Å². The summed E-state index contributed by atoms with van der Waals surface area (Å²) in [5.74, 6) is 0.284. The van der Waals surface area contributed by atoms with Crippen molar-refractivity contribution in [3.05, 3.63) is 58.8 Å². The summed E-state index contributed by atoms with van der Waals surface area (Å²) >= 11 is 0. The molecule has 1 aliphatic rings. The highest BCUT2D eigenvalue weighted by Gasteiger charge is 2.42. The Bertz CT molecular complexity index is 1080. The van der Waals surface area contributed by atoms with Crippen LogP contribution >= 0.6 is 0 Å². The number of aromatic hydroxyl groups is 1. The first kappa shape index (κ1) is 20.7. The van der Waals surface area contributed by atoms with Crippen LogP contribution in [0.4, 0.5) is 0 Å². The molecule has 2 aromatic carbocycles. The van der Waals surface area contributed by atoms with Crippen LogP contribution in [-0.2, 0) is 4.74 Å².